The summed E-state index contributed by atoms with van der Waals surface area (Å²) in [5.74, 6) is -5.10. The largest absolute Gasteiger partial charge is 0.369 e. The van der Waals surface area contributed by atoms with Gasteiger partial charge in [0.15, 0.2) is 1.41 Å². The van der Waals surface area contributed by atoms with Gasteiger partial charge in [0.25, 0.3) is 0 Å². The third kappa shape index (κ3) is 8.16. The van der Waals surface area contributed by atoms with Crippen LogP contribution in [0.2, 0.25) is 2.82 Å². The summed E-state index contributed by atoms with van der Waals surface area (Å²) in [5, 5.41) is 0.355. The molecule has 7 nitrogen and oxygen atoms in total. The highest BCUT2D eigenvalue weighted by Gasteiger charge is 2.17. The molecule has 0 aromatic heterocycles. The minimum absolute atomic E-state index is 0.00595. The quantitative estimate of drug-likeness (QED) is 0.597. The van der Waals surface area contributed by atoms with Gasteiger partial charge in [-0.25, -0.2) is 13.1 Å². The fraction of sp³-hybridized carbons (Fsp3) is 0.650. The molecular formula is C20H34N4O3S. The average molecular weight is 429 g/mol. The summed E-state index contributed by atoms with van der Waals surface area (Å²) >= 11 is 0. The zero-order valence-electron chi connectivity index (χ0n) is 33.2. The lowest BCUT2D eigenvalue weighted by Crippen LogP contribution is -2.46. The van der Waals surface area contributed by atoms with Gasteiger partial charge in [-0.1, -0.05) is 19.8 Å². The van der Waals surface area contributed by atoms with Gasteiger partial charge in [-0.15, -0.1) is 0 Å². The molecular weight excluding hydrogens is 376 g/mol. The van der Waals surface area contributed by atoms with Crippen LogP contribution in [0.1, 0.15) is 55.4 Å². The van der Waals surface area contributed by atoms with Crippen molar-refractivity contribution in [1.82, 2.24) is 9.62 Å². The Morgan fingerprint density at radius 3 is 2.79 bits per heavy atom. The van der Waals surface area contributed by atoms with E-state index in [1.54, 1.807) is 0 Å². The zero-order chi connectivity index (χ0) is 36.2. The highest BCUT2D eigenvalue weighted by Crippen LogP contribution is 2.21. The van der Waals surface area contributed by atoms with Crippen LogP contribution in [0.25, 0.3) is 0 Å². The van der Waals surface area contributed by atoms with E-state index >= 15 is 0 Å². The number of hydrogen-bond donors (Lipinski definition) is 2. The van der Waals surface area contributed by atoms with Crippen LogP contribution in [0.4, 0.5) is 11.4 Å². The lowest BCUT2D eigenvalue weighted by molar-refractivity contribution is -0.114. The van der Waals surface area contributed by atoms with Gasteiger partial charge in [-0.05, 0) is 43.4 Å². The number of benzene rings is 1. The Labute approximate surface area is 194 Å². The Hall–Kier alpha value is -1.64. The first kappa shape index (κ1) is 8.24. The molecule has 1 heterocycles. The minimum atomic E-state index is -6.16. The van der Waals surface area contributed by atoms with E-state index in [9.17, 15) is 13.2 Å². The van der Waals surface area contributed by atoms with E-state index in [4.69, 9.17) is 24.8 Å². The molecule has 0 bridgehead atoms. The normalized spacial score (nSPS) is 28.1. The van der Waals surface area contributed by atoms with Crippen molar-refractivity contribution in [3.8, 4) is 0 Å². The highest BCUT2D eigenvalue weighted by atomic mass is 32.2. The van der Waals surface area contributed by atoms with E-state index in [0.29, 0.717) is 5.31 Å². The molecule has 1 aromatic rings. The number of carbonyl (C=O) groups excluding carboxylic acids is 1. The smallest absolute Gasteiger partial charge is 0.221 e. The molecule has 1 aliphatic rings. The van der Waals surface area contributed by atoms with E-state index in [1.807, 2.05) is 0 Å². The number of anilines is 2. The third-order valence-corrected chi connectivity index (χ3v) is 4.34. The fourth-order valence-corrected chi connectivity index (χ4v) is 2.95. The van der Waals surface area contributed by atoms with Gasteiger partial charge in [0.1, 0.15) is 1.41 Å². The Kier molecular flexibility index (Phi) is 3.17. The van der Waals surface area contributed by atoms with Gasteiger partial charge in [-0.2, -0.15) is 0 Å². The predicted octanol–water partition coefficient (Wildman–Crippen LogP) is 2.12. The summed E-state index contributed by atoms with van der Waals surface area (Å²) in [7, 11) is -6.16. The van der Waals surface area contributed by atoms with Gasteiger partial charge >= 0.3 is 0 Å². The van der Waals surface area contributed by atoms with E-state index in [1.165, 1.54) is 9.80 Å². The number of rotatable bonds is 10. The van der Waals surface area contributed by atoms with Crippen LogP contribution in [0.5, 0.6) is 0 Å². The number of hydrogen-bond acceptors (Lipinski definition) is 5. The van der Waals surface area contributed by atoms with Crippen LogP contribution in [0, 0.1) is 5.89 Å². The highest BCUT2D eigenvalue weighted by molar-refractivity contribution is 7.89. The maximum atomic E-state index is 13.0. The number of nitrogens with one attached hydrogen (secondary N) is 2. The predicted molar refractivity (Wildman–Crippen MR) is 115 cm³/mol. The minimum Gasteiger partial charge on any atom is -0.369 e. The fourth-order valence-electron chi connectivity index (χ4n) is 2.39. The van der Waals surface area contributed by atoms with Crippen molar-refractivity contribution in [3.63, 3.8) is 0 Å². The Morgan fingerprint density at radius 2 is 2.11 bits per heavy atom. The van der Waals surface area contributed by atoms with Crippen LogP contribution >= 0.6 is 0 Å². The van der Waals surface area contributed by atoms with Crippen LogP contribution in [0.3, 0.4) is 0 Å². The van der Waals surface area contributed by atoms with Crippen molar-refractivity contribution in [2.45, 2.75) is 33.5 Å². The van der Waals surface area contributed by atoms with Crippen molar-refractivity contribution in [3.05, 3.63) is 24.2 Å². The summed E-state index contributed by atoms with van der Waals surface area (Å²) in [4.78, 5) is 14.4. The Morgan fingerprint density at radius 1 is 1.36 bits per heavy atom. The van der Waals surface area contributed by atoms with Gasteiger partial charge in [-0.3, -0.25) is 9.69 Å². The molecule has 0 aliphatic carbocycles. The summed E-state index contributed by atoms with van der Waals surface area (Å²) < 4.78 is 167. The van der Waals surface area contributed by atoms with Gasteiger partial charge in [0.2, 0.25) is 15.9 Å². The molecule has 0 radical (unpaired) electrons. The molecule has 1 saturated heterocycles. The second kappa shape index (κ2) is 10.8. The van der Waals surface area contributed by atoms with Crippen molar-refractivity contribution < 1.29 is 38.0 Å². The third-order valence-electron chi connectivity index (χ3n) is 3.51. The molecule has 0 unspecified atom stereocenters. The van der Waals surface area contributed by atoms with Crippen molar-refractivity contribution in [2.75, 3.05) is 55.1 Å². The lowest BCUT2D eigenvalue weighted by Gasteiger charge is -2.36. The first-order valence-corrected chi connectivity index (χ1v) is 9.78. The maximum Gasteiger partial charge on any atom is 0.221 e. The molecule has 2 rings (SSSR count). The topological polar surface area (TPSA) is 81.8 Å². The molecule has 1 aromatic carbocycles. The van der Waals surface area contributed by atoms with Crippen LogP contribution < -0.4 is 14.9 Å². The van der Waals surface area contributed by atoms with E-state index in [2.05, 4.69) is 0 Å². The number of sulfonamides is 1. The number of amides is 1. The molecule has 1 fully saturated rings. The molecule has 0 atom stereocenters. The van der Waals surface area contributed by atoms with Crippen molar-refractivity contribution in [2.24, 2.45) is 5.89 Å². The molecule has 1 amide bonds. The van der Waals surface area contributed by atoms with Gasteiger partial charge in [0, 0.05) is 68.8 Å². The summed E-state index contributed by atoms with van der Waals surface area (Å²) in [6, 6.07) is -0.00875. The number of piperazine rings is 1. The first-order valence-electron chi connectivity index (χ1n) is 17.2. The van der Waals surface area contributed by atoms with Gasteiger partial charge in [0.05, 0.1) is 9.82 Å². The SMILES string of the molecule is [2H]c1cc([2H])c(N([2H])C(C)=O)c([2H])c1N1CCN(C([2H])([2H])CCC([2H])([2H])N([2H])S(=O)(=O)C([2H])([2H])C([2H])(C([2H])([2H])[2H])C([2H])([2H])[2H])CC1. The number of carbonyl (C=O) groups is 1. The Balaban J connectivity index is 2.26. The first-order chi connectivity index (χ1) is 20.4. The molecule has 158 valence electrons. The van der Waals surface area contributed by atoms with Crippen LogP contribution in [-0.2, 0) is 14.8 Å². The molecule has 28 heavy (non-hydrogen) atoms. The monoisotopic (exact) mass is 428 g/mol. The van der Waals surface area contributed by atoms with Crippen LogP contribution in [0.15, 0.2) is 24.2 Å². The van der Waals surface area contributed by atoms with E-state index in [0.717, 1.165) is 13.0 Å². The van der Waals surface area contributed by atoms with Crippen molar-refractivity contribution in [1.29, 1.82) is 0 Å². The van der Waals surface area contributed by atoms with Crippen LogP contribution in [-0.4, -0.2) is 64.1 Å². The zero-order valence-corrected chi connectivity index (χ0v) is 16.1. The second-order valence-electron chi connectivity index (χ2n) is 5.72. The summed E-state index contributed by atoms with van der Waals surface area (Å²) in [6.45, 7) is -13.0. The molecule has 0 spiro atoms. The van der Waals surface area contributed by atoms with Crippen molar-refractivity contribution >= 4 is 27.3 Å². The molecule has 0 saturated carbocycles. The maximum absolute atomic E-state index is 13.0. The molecule has 2 N–H and O–H groups in total. The lowest BCUT2D eigenvalue weighted by atomic mass is 10.2. The standard InChI is InChI=1S/C20H34N4O3S/c1-17(2)16-28(26,27)21-9-4-5-10-23-11-13-24(14-12-23)20-8-6-7-19(15-20)22-18(3)25/h6-8,15,17,21H,4-5,9-14,16H2,1-3H3,(H,22,25)/i1D3,2D3,7D,8D,9D2,10D2,15D,16D2,17D/hD2. The van der Waals surface area contributed by atoms with Gasteiger partial charge < -0.3 is 10.2 Å². The summed E-state index contributed by atoms with van der Waals surface area (Å²) in [5.41, 5.74) is -4.89. The molecule has 1 aliphatic heterocycles. The average Bonchev–Trinajstić information content (AvgIpc) is 2.89. The second-order valence-corrected chi connectivity index (χ2v) is 7.06. The summed E-state index contributed by atoms with van der Waals surface area (Å²) in [6.07, 6.45) is -1.88. The number of nitrogens with zero attached hydrogens (tertiary/aromatic N) is 2. The molecule has 8 heteroatoms. The Bertz CT molecular complexity index is 1400. The van der Waals surface area contributed by atoms with E-state index in [-0.39, 0.29) is 43.6 Å². The van der Waals surface area contributed by atoms with E-state index < -0.39 is 83.9 Å².